The van der Waals surface area contributed by atoms with Gasteiger partial charge < -0.3 is 4.74 Å². The molecule has 0 aromatic heterocycles. The second-order valence-electron chi connectivity index (χ2n) is 3.77. The molecule has 16 heavy (non-hydrogen) atoms. The first-order valence-electron chi connectivity index (χ1n) is 4.63. The Bertz CT molecular complexity index is 404. The Hall–Kier alpha value is -1.66. The average Bonchev–Trinajstić information content (AvgIpc) is 2.28. The number of benzene rings is 1. The van der Waals surface area contributed by atoms with Gasteiger partial charge in [-0.15, -0.1) is 0 Å². The summed E-state index contributed by atoms with van der Waals surface area (Å²) < 4.78 is 5.01. The number of hydrogen-bond acceptors (Lipinski definition) is 5. The van der Waals surface area contributed by atoms with Gasteiger partial charge in [-0.25, -0.2) is 5.90 Å². The van der Waals surface area contributed by atoms with Gasteiger partial charge in [-0.1, -0.05) is 0 Å². The summed E-state index contributed by atoms with van der Waals surface area (Å²) in [4.78, 5) is 15.1. The fourth-order valence-electron chi connectivity index (χ4n) is 1.35. The predicted octanol–water partition coefficient (Wildman–Crippen LogP) is 1.73. The van der Waals surface area contributed by atoms with Crippen LogP contribution in [0.2, 0.25) is 0 Å². The second-order valence-corrected chi connectivity index (χ2v) is 3.77. The standard InChI is InChI=1S/C10H14N2O4/c1-10(2,16-11)8-6-7(15-3)4-5-9(8)12(13)14/h4-6H,11H2,1-3H3. The molecule has 0 unspecified atom stereocenters. The van der Waals surface area contributed by atoms with Crippen LogP contribution in [-0.4, -0.2) is 12.0 Å². The summed E-state index contributed by atoms with van der Waals surface area (Å²) in [6, 6.07) is 4.44. The van der Waals surface area contributed by atoms with E-state index in [0.29, 0.717) is 11.3 Å². The van der Waals surface area contributed by atoms with Crippen molar-refractivity contribution in [1.82, 2.24) is 0 Å². The van der Waals surface area contributed by atoms with Crippen LogP contribution in [-0.2, 0) is 10.4 Å². The SMILES string of the molecule is COc1ccc([N+](=O)[O-])c(C(C)(C)ON)c1. The van der Waals surface area contributed by atoms with Gasteiger partial charge >= 0.3 is 0 Å². The van der Waals surface area contributed by atoms with E-state index in [9.17, 15) is 10.1 Å². The largest absolute Gasteiger partial charge is 0.497 e. The molecule has 0 radical (unpaired) electrons. The highest BCUT2D eigenvalue weighted by molar-refractivity contribution is 5.48. The lowest BCUT2D eigenvalue weighted by Crippen LogP contribution is -2.26. The number of nitro groups is 1. The van der Waals surface area contributed by atoms with Gasteiger partial charge in [0.25, 0.3) is 5.69 Å². The minimum absolute atomic E-state index is 0.0451. The molecule has 0 aliphatic rings. The Balaban J connectivity index is 3.37. The highest BCUT2D eigenvalue weighted by atomic mass is 16.6. The summed E-state index contributed by atoms with van der Waals surface area (Å²) in [5, 5.41) is 10.9. The molecule has 2 N–H and O–H groups in total. The van der Waals surface area contributed by atoms with E-state index in [1.54, 1.807) is 19.9 Å². The van der Waals surface area contributed by atoms with E-state index < -0.39 is 10.5 Å². The number of nitro benzene ring substituents is 1. The topological polar surface area (TPSA) is 87.6 Å². The molecular weight excluding hydrogens is 212 g/mol. The molecule has 0 atom stereocenters. The molecule has 0 saturated carbocycles. The molecular formula is C10H14N2O4. The molecule has 1 aromatic carbocycles. The monoisotopic (exact) mass is 226 g/mol. The zero-order chi connectivity index (χ0) is 12.3. The molecule has 0 aliphatic heterocycles. The minimum atomic E-state index is -0.947. The van der Waals surface area contributed by atoms with Crippen LogP contribution >= 0.6 is 0 Å². The van der Waals surface area contributed by atoms with Crippen molar-refractivity contribution in [2.24, 2.45) is 5.90 Å². The van der Waals surface area contributed by atoms with Crippen LogP contribution in [0.25, 0.3) is 0 Å². The fraction of sp³-hybridized carbons (Fsp3) is 0.400. The van der Waals surface area contributed by atoms with Crippen LogP contribution in [0.5, 0.6) is 5.75 Å². The van der Waals surface area contributed by atoms with Crippen molar-refractivity contribution < 1.29 is 14.5 Å². The zero-order valence-electron chi connectivity index (χ0n) is 9.39. The van der Waals surface area contributed by atoms with Crippen molar-refractivity contribution in [2.75, 3.05) is 7.11 Å². The third-order valence-electron chi connectivity index (χ3n) is 2.34. The van der Waals surface area contributed by atoms with Gasteiger partial charge in [-0.2, -0.15) is 0 Å². The van der Waals surface area contributed by atoms with Crippen LogP contribution in [0.4, 0.5) is 5.69 Å². The maximum atomic E-state index is 10.9. The Morgan fingerprint density at radius 1 is 1.44 bits per heavy atom. The number of methoxy groups -OCH3 is 1. The van der Waals surface area contributed by atoms with Crippen molar-refractivity contribution in [1.29, 1.82) is 0 Å². The van der Waals surface area contributed by atoms with Gasteiger partial charge in [0.05, 0.1) is 17.6 Å². The van der Waals surface area contributed by atoms with Crippen molar-refractivity contribution in [3.8, 4) is 5.75 Å². The van der Waals surface area contributed by atoms with Crippen molar-refractivity contribution >= 4 is 5.69 Å². The fourth-order valence-corrected chi connectivity index (χ4v) is 1.35. The summed E-state index contributed by atoms with van der Waals surface area (Å²) >= 11 is 0. The normalized spacial score (nSPS) is 11.2. The summed E-state index contributed by atoms with van der Waals surface area (Å²) in [6.07, 6.45) is 0. The van der Waals surface area contributed by atoms with E-state index in [4.69, 9.17) is 15.5 Å². The van der Waals surface area contributed by atoms with E-state index in [2.05, 4.69) is 0 Å². The first kappa shape index (κ1) is 12.4. The first-order valence-corrected chi connectivity index (χ1v) is 4.63. The molecule has 0 heterocycles. The zero-order valence-corrected chi connectivity index (χ0v) is 9.39. The Morgan fingerprint density at radius 3 is 2.50 bits per heavy atom. The second kappa shape index (κ2) is 4.46. The number of nitrogens with two attached hydrogens (primary N) is 1. The summed E-state index contributed by atoms with van der Waals surface area (Å²) in [6.45, 7) is 3.30. The van der Waals surface area contributed by atoms with Gasteiger partial charge in [0.1, 0.15) is 11.4 Å². The molecule has 0 fully saturated rings. The molecule has 88 valence electrons. The van der Waals surface area contributed by atoms with Crippen molar-refractivity contribution in [3.63, 3.8) is 0 Å². The quantitative estimate of drug-likeness (QED) is 0.624. The van der Waals surface area contributed by atoms with Gasteiger partial charge in [0.2, 0.25) is 0 Å². The number of rotatable bonds is 4. The maximum Gasteiger partial charge on any atom is 0.275 e. The van der Waals surface area contributed by atoms with Crippen molar-refractivity contribution in [3.05, 3.63) is 33.9 Å². The highest BCUT2D eigenvalue weighted by Gasteiger charge is 2.30. The smallest absolute Gasteiger partial charge is 0.275 e. The Kier molecular flexibility index (Phi) is 3.46. The van der Waals surface area contributed by atoms with E-state index in [0.717, 1.165) is 0 Å². The van der Waals surface area contributed by atoms with E-state index >= 15 is 0 Å². The van der Waals surface area contributed by atoms with E-state index in [1.807, 2.05) is 0 Å². The molecule has 0 spiro atoms. The first-order chi connectivity index (χ1) is 7.42. The van der Waals surface area contributed by atoms with Gasteiger partial charge in [0.15, 0.2) is 0 Å². The lowest BCUT2D eigenvalue weighted by atomic mass is 9.96. The summed E-state index contributed by atoms with van der Waals surface area (Å²) in [5.74, 6) is 5.65. The molecule has 6 heteroatoms. The average molecular weight is 226 g/mol. The molecule has 0 aliphatic carbocycles. The lowest BCUT2D eigenvalue weighted by molar-refractivity contribution is -0.386. The van der Waals surface area contributed by atoms with Crippen LogP contribution in [0, 0.1) is 10.1 Å². The molecule has 0 bridgehead atoms. The molecule has 1 rings (SSSR count). The minimum Gasteiger partial charge on any atom is -0.497 e. The Morgan fingerprint density at radius 2 is 2.06 bits per heavy atom. The lowest BCUT2D eigenvalue weighted by Gasteiger charge is -2.22. The van der Waals surface area contributed by atoms with Crippen LogP contribution in [0.1, 0.15) is 19.4 Å². The van der Waals surface area contributed by atoms with Gasteiger partial charge in [-0.3, -0.25) is 15.0 Å². The Labute approximate surface area is 93.1 Å². The third kappa shape index (κ3) is 2.29. The number of nitrogens with zero attached hydrogens (tertiary/aromatic N) is 1. The van der Waals surface area contributed by atoms with E-state index in [1.165, 1.54) is 19.2 Å². The predicted molar refractivity (Wildman–Crippen MR) is 57.9 cm³/mol. The van der Waals surface area contributed by atoms with Crippen LogP contribution < -0.4 is 10.6 Å². The number of ether oxygens (including phenoxy) is 1. The summed E-state index contributed by atoms with van der Waals surface area (Å²) in [7, 11) is 1.49. The summed E-state index contributed by atoms with van der Waals surface area (Å²) in [5.41, 5.74) is -0.618. The van der Waals surface area contributed by atoms with Crippen molar-refractivity contribution in [2.45, 2.75) is 19.4 Å². The third-order valence-corrected chi connectivity index (χ3v) is 2.34. The van der Waals surface area contributed by atoms with Crippen LogP contribution in [0.15, 0.2) is 18.2 Å². The number of hydrogen-bond donors (Lipinski definition) is 1. The molecule has 6 nitrogen and oxygen atoms in total. The molecule has 0 saturated heterocycles. The maximum absolute atomic E-state index is 10.9. The highest BCUT2D eigenvalue weighted by Crippen LogP contribution is 2.34. The van der Waals surface area contributed by atoms with Gasteiger partial charge in [0, 0.05) is 6.07 Å². The van der Waals surface area contributed by atoms with Crippen LogP contribution in [0.3, 0.4) is 0 Å². The molecule has 1 aromatic rings. The van der Waals surface area contributed by atoms with Gasteiger partial charge in [-0.05, 0) is 26.0 Å². The van der Waals surface area contributed by atoms with E-state index in [-0.39, 0.29) is 5.69 Å². The molecule has 0 amide bonds.